The van der Waals surface area contributed by atoms with Gasteiger partial charge in [0.25, 0.3) is 0 Å². The van der Waals surface area contributed by atoms with E-state index in [9.17, 15) is 0 Å². The van der Waals surface area contributed by atoms with Crippen LogP contribution in [0.2, 0.25) is 0 Å². The average molecular weight is 1080 g/mol. The summed E-state index contributed by atoms with van der Waals surface area (Å²) in [7, 11) is 0. The standard InChI is InChI=1S/C83H73N/c1-10-59-27-33-62(34-28-59)65-51-66(63-35-29-60(11-2)30-36-63)53-72(52-65)81(8,13-4)69-43-45-71(46-44-69)83(79-21-17-15-19-77(79)78-20-16-18-22-80(78)83)70-41-37-64(38-42-70)67-54-73(82(9,14-5)68-39-31-61(12-3)32-40-68)56-76(55-67)84(74-47-23-57(6)24-48-74)75-49-25-58(7)26-50-75/h10-12,15-56H,1-3,13-14H2,4-9H3. The summed E-state index contributed by atoms with van der Waals surface area (Å²) in [6.07, 6.45) is 7.56. The summed E-state index contributed by atoms with van der Waals surface area (Å²) in [5.74, 6) is 0. The van der Waals surface area contributed by atoms with Gasteiger partial charge in [-0.3, -0.25) is 0 Å². The van der Waals surface area contributed by atoms with E-state index < -0.39 is 5.41 Å². The molecule has 0 saturated heterocycles. The van der Waals surface area contributed by atoms with Crippen molar-refractivity contribution in [2.75, 3.05) is 4.90 Å². The second-order valence-corrected chi connectivity index (χ2v) is 23.4. The van der Waals surface area contributed by atoms with Crippen LogP contribution in [0.3, 0.4) is 0 Å². The fourth-order valence-corrected chi connectivity index (χ4v) is 13.1. The number of nitrogens with zero attached hydrogens (tertiary/aromatic N) is 1. The van der Waals surface area contributed by atoms with Gasteiger partial charge in [0.15, 0.2) is 0 Å². The number of anilines is 3. The van der Waals surface area contributed by atoms with Gasteiger partial charge < -0.3 is 4.90 Å². The summed E-state index contributed by atoms with van der Waals surface area (Å²) in [6.45, 7) is 25.9. The number of aryl methyl sites for hydroxylation is 2. The summed E-state index contributed by atoms with van der Waals surface area (Å²) in [5, 5.41) is 0. The van der Waals surface area contributed by atoms with E-state index in [1.165, 1.54) is 94.6 Å². The molecule has 2 unspecified atom stereocenters. The van der Waals surface area contributed by atoms with Crippen LogP contribution < -0.4 is 4.90 Å². The number of hydrogen-bond donors (Lipinski definition) is 0. The lowest BCUT2D eigenvalue weighted by Crippen LogP contribution is -2.29. The molecular weight excluding hydrogens is 1010 g/mol. The van der Waals surface area contributed by atoms with Crippen LogP contribution in [0.5, 0.6) is 0 Å². The fourth-order valence-electron chi connectivity index (χ4n) is 13.1. The van der Waals surface area contributed by atoms with E-state index >= 15 is 0 Å². The Balaban J connectivity index is 1.01. The molecule has 11 aromatic carbocycles. The van der Waals surface area contributed by atoms with E-state index in [4.69, 9.17) is 0 Å². The summed E-state index contributed by atoms with van der Waals surface area (Å²) in [5.41, 5.74) is 27.7. The van der Waals surface area contributed by atoms with Gasteiger partial charge in [0.2, 0.25) is 0 Å². The predicted molar refractivity (Wildman–Crippen MR) is 361 cm³/mol. The molecule has 0 fully saturated rings. The van der Waals surface area contributed by atoms with Crippen molar-refractivity contribution in [3.05, 3.63) is 347 Å². The van der Waals surface area contributed by atoms with Crippen LogP contribution in [0.4, 0.5) is 17.1 Å². The molecule has 0 spiro atoms. The van der Waals surface area contributed by atoms with Crippen LogP contribution in [-0.2, 0) is 16.2 Å². The number of benzene rings is 11. The van der Waals surface area contributed by atoms with Crippen molar-refractivity contribution in [1.29, 1.82) is 0 Å². The van der Waals surface area contributed by atoms with Gasteiger partial charge in [-0.1, -0.05) is 289 Å². The maximum absolute atomic E-state index is 4.07. The minimum Gasteiger partial charge on any atom is -0.310 e. The molecule has 0 radical (unpaired) electrons. The van der Waals surface area contributed by atoms with Gasteiger partial charge in [0, 0.05) is 27.9 Å². The van der Waals surface area contributed by atoms with Crippen molar-refractivity contribution in [2.45, 2.75) is 70.6 Å². The third-order valence-electron chi connectivity index (χ3n) is 18.7. The van der Waals surface area contributed by atoms with Gasteiger partial charge in [-0.25, -0.2) is 0 Å². The molecule has 12 rings (SSSR count). The van der Waals surface area contributed by atoms with Crippen LogP contribution in [0.25, 0.3) is 62.7 Å². The zero-order valence-corrected chi connectivity index (χ0v) is 49.5. The van der Waals surface area contributed by atoms with Crippen LogP contribution in [0.15, 0.2) is 275 Å². The second kappa shape index (κ2) is 22.6. The second-order valence-electron chi connectivity index (χ2n) is 23.4. The summed E-state index contributed by atoms with van der Waals surface area (Å²) < 4.78 is 0. The topological polar surface area (TPSA) is 3.24 Å². The molecule has 1 nitrogen and oxygen atoms in total. The first kappa shape index (κ1) is 55.0. The Bertz CT molecular complexity index is 4040. The van der Waals surface area contributed by atoms with Gasteiger partial charge in [-0.2, -0.15) is 0 Å². The van der Waals surface area contributed by atoms with Gasteiger partial charge in [0.05, 0.1) is 5.41 Å². The fraction of sp³-hybridized carbons (Fsp3) is 0.133. The molecule has 410 valence electrons. The van der Waals surface area contributed by atoms with Gasteiger partial charge in [-0.05, 0) is 175 Å². The minimum atomic E-state index is -0.589. The van der Waals surface area contributed by atoms with Gasteiger partial charge in [-0.15, -0.1) is 0 Å². The zero-order chi connectivity index (χ0) is 58.2. The van der Waals surface area contributed by atoms with Crippen molar-refractivity contribution in [1.82, 2.24) is 0 Å². The Morgan fingerprint density at radius 2 is 0.690 bits per heavy atom. The lowest BCUT2D eigenvalue weighted by atomic mass is 9.66. The highest BCUT2D eigenvalue weighted by Crippen LogP contribution is 2.57. The van der Waals surface area contributed by atoms with Crippen molar-refractivity contribution in [3.8, 4) is 44.5 Å². The highest BCUT2D eigenvalue weighted by Gasteiger charge is 2.46. The van der Waals surface area contributed by atoms with E-state index in [0.29, 0.717) is 0 Å². The molecule has 1 heteroatoms. The van der Waals surface area contributed by atoms with Crippen LogP contribution in [0.1, 0.15) is 113 Å². The van der Waals surface area contributed by atoms with Crippen LogP contribution in [0, 0.1) is 13.8 Å². The normalized spacial score (nSPS) is 13.6. The lowest BCUT2D eigenvalue weighted by molar-refractivity contribution is 0.549. The Morgan fingerprint density at radius 3 is 1.10 bits per heavy atom. The van der Waals surface area contributed by atoms with Crippen LogP contribution in [-0.4, -0.2) is 0 Å². The quantitative estimate of drug-likeness (QED) is 0.0878. The monoisotopic (exact) mass is 1080 g/mol. The lowest BCUT2D eigenvalue weighted by Gasteiger charge is -2.35. The highest BCUT2D eigenvalue weighted by atomic mass is 15.1. The maximum Gasteiger partial charge on any atom is 0.0713 e. The van der Waals surface area contributed by atoms with Gasteiger partial charge >= 0.3 is 0 Å². The first-order valence-corrected chi connectivity index (χ1v) is 29.8. The summed E-state index contributed by atoms with van der Waals surface area (Å²) >= 11 is 0. The van der Waals surface area contributed by atoms with Crippen molar-refractivity contribution in [2.24, 2.45) is 0 Å². The van der Waals surface area contributed by atoms with Gasteiger partial charge in [0.1, 0.15) is 0 Å². The van der Waals surface area contributed by atoms with Crippen LogP contribution >= 0.6 is 0 Å². The molecule has 1 aliphatic carbocycles. The highest BCUT2D eigenvalue weighted by molar-refractivity contribution is 5.87. The Kier molecular flexibility index (Phi) is 14.8. The number of rotatable bonds is 17. The molecule has 11 aromatic rings. The third-order valence-corrected chi connectivity index (χ3v) is 18.7. The summed E-state index contributed by atoms with van der Waals surface area (Å²) in [4.78, 5) is 2.42. The van der Waals surface area contributed by atoms with E-state index in [2.05, 4.69) is 321 Å². The average Bonchev–Trinajstić information content (AvgIpc) is 1.58. The first-order chi connectivity index (χ1) is 40.9. The van der Waals surface area contributed by atoms with E-state index in [1.807, 2.05) is 18.2 Å². The van der Waals surface area contributed by atoms with Crippen molar-refractivity contribution >= 4 is 35.3 Å². The SMILES string of the molecule is C=Cc1ccc(-c2cc(-c3ccc(C=C)cc3)cc(C(C)(CC)c3ccc(C4(c5ccc(-c6cc(N(c7ccc(C)cc7)c7ccc(C)cc7)cc(C(C)(CC)c7ccc(C=C)cc7)c6)cc5)c5ccccc5-c5ccccc54)cc3)c2)cc1. The Labute approximate surface area is 499 Å². The molecule has 0 N–H and O–H groups in total. The first-order valence-electron chi connectivity index (χ1n) is 29.8. The third kappa shape index (κ3) is 9.78. The zero-order valence-electron chi connectivity index (χ0n) is 49.5. The molecule has 0 amide bonds. The molecule has 2 atom stereocenters. The molecule has 0 bridgehead atoms. The van der Waals surface area contributed by atoms with E-state index in [0.717, 1.165) is 52.2 Å². The smallest absolute Gasteiger partial charge is 0.0713 e. The Hall–Kier alpha value is -9.56. The molecule has 0 saturated carbocycles. The molecule has 0 aromatic heterocycles. The van der Waals surface area contributed by atoms with Crippen molar-refractivity contribution in [3.63, 3.8) is 0 Å². The largest absolute Gasteiger partial charge is 0.310 e. The molecule has 0 heterocycles. The van der Waals surface area contributed by atoms with E-state index in [1.54, 1.807) is 0 Å². The van der Waals surface area contributed by atoms with E-state index in [-0.39, 0.29) is 10.8 Å². The minimum absolute atomic E-state index is 0.293. The Morgan fingerprint density at radius 1 is 0.345 bits per heavy atom. The molecule has 0 aliphatic heterocycles. The number of fused-ring (bicyclic) bond motifs is 3. The number of hydrogen-bond acceptors (Lipinski definition) is 1. The molecular formula is C83H73N. The summed E-state index contributed by atoms with van der Waals surface area (Å²) in [6, 6.07) is 96.1. The van der Waals surface area contributed by atoms with Crippen molar-refractivity contribution < 1.29 is 0 Å². The predicted octanol–water partition coefficient (Wildman–Crippen LogP) is 22.5. The molecule has 1 aliphatic rings. The molecule has 84 heavy (non-hydrogen) atoms. The maximum atomic E-state index is 4.07.